The molecule has 1 aromatic rings. The summed E-state index contributed by atoms with van der Waals surface area (Å²) in [6.45, 7) is 1.45. The first-order valence-corrected chi connectivity index (χ1v) is 6.59. The minimum Gasteiger partial charge on any atom is -0.470 e. The first kappa shape index (κ1) is 10.8. The molecular weight excluding hydrogens is 240 g/mol. The third kappa shape index (κ3) is 1.85. The Kier molecular flexibility index (Phi) is 2.64. The minimum atomic E-state index is -0.163. The lowest BCUT2D eigenvalue weighted by atomic mass is 10.2. The number of nitrogens with one attached hydrogen (secondary N) is 2. The third-order valence-electron chi connectivity index (χ3n) is 2.90. The number of ether oxygens (including phenoxy) is 1. The molecule has 1 amide bonds. The second-order valence-corrected chi connectivity index (χ2v) is 4.74. The van der Waals surface area contributed by atoms with Crippen molar-refractivity contribution in [1.29, 1.82) is 0 Å². The first-order valence-electron chi connectivity index (χ1n) is 5.37. The topological polar surface area (TPSA) is 76.1 Å². The Morgan fingerprint density at radius 3 is 3.24 bits per heavy atom. The molecule has 0 bridgehead atoms. The highest BCUT2D eigenvalue weighted by atomic mass is 32.2. The van der Waals surface area contributed by atoms with Crippen LogP contribution in [0.2, 0.25) is 0 Å². The van der Waals surface area contributed by atoms with Gasteiger partial charge in [0.05, 0.1) is 6.04 Å². The van der Waals surface area contributed by atoms with Crippen LogP contribution in [0.1, 0.15) is 10.4 Å². The summed E-state index contributed by atoms with van der Waals surface area (Å²) in [6, 6.07) is 0.00873. The van der Waals surface area contributed by atoms with E-state index in [2.05, 4.69) is 20.6 Å². The van der Waals surface area contributed by atoms with Gasteiger partial charge in [0.1, 0.15) is 11.7 Å². The Labute approximate surface area is 103 Å². The van der Waals surface area contributed by atoms with Crippen molar-refractivity contribution in [3.8, 4) is 5.88 Å². The largest absolute Gasteiger partial charge is 0.470 e. The van der Waals surface area contributed by atoms with Crippen LogP contribution in [0.5, 0.6) is 5.88 Å². The van der Waals surface area contributed by atoms with Crippen LogP contribution >= 0.6 is 11.8 Å². The Morgan fingerprint density at radius 1 is 1.53 bits per heavy atom. The van der Waals surface area contributed by atoms with Gasteiger partial charge in [0.15, 0.2) is 5.16 Å². The van der Waals surface area contributed by atoms with Crippen LogP contribution in [-0.2, 0) is 0 Å². The van der Waals surface area contributed by atoms with Crippen molar-refractivity contribution in [1.82, 2.24) is 20.6 Å². The van der Waals surface area contributed by atoms with Crippen molar-refractivity contribution in [3.05, 3.63) is 11.8 Å². The van der Waals surface area contributed by atoms with E-state index in [0.717, 1.165) is 13.1 Å². The van der Waals surface area contributed by atoms with E-state index in [1.807, 2.05) is 6.26 Å². The number of aromatic nitrogens is 2. The van der Waals surface area contributed by atoms with Crippen LogP contribution in [0, 0.1) is 0 Å². The van der Waals surface area contributed by atoms with Gasteiger partial charge >= 0.3 is 0 Å². The Balaban J connectivity index is 2.00. The van der Waals surface area contributed by atoms with E-state index in [1.165, 1.54) is 18.0 Å². The molecule has 1 aromatic heterocycles. The van der Waals surface area contributed by atoms with Crippen molar-refractivity contribution in [2.45, 2.75) is 17.3 Å². The molecule has 6 nitrogen and oxygen atoms in total. The number of fused-ring (bicyclic) bond motifs is 2. The average molecular weight is 252 g/mol. The molecule has 1 saturated heterocycles. The molecule has 0 aliphatic carbocycles. The molecule has 90 valence electrons. The number of amides is 1. The van der Waals surface area contributed by atoms with E-state index in [9.17, 15) is 4.79 Å². The number of thioether (sulfide) groups is 1. The number of hydrogen-bond acceptors (Lipinski definition) is 6. The zero-order valence-electron chi connectivity index (χ0n) is 9.27. The van der Waals surface area contributed by atoms with Gasteiger partial charge in [0, 0.05) is 19.3 Å². The van der Waals surface area contributed by atoms with Crippen molar-refractivity contribution >= 4 is 17.7 Å². The molecule has 1 fully saturated rings. The number of hydrogen-bond donors (Lipinski definition) is 2. The number of carbonyl (C=O) groups is 1. The van der Waals surface area contributed by atoms with Crippen LogP contribution < -0.4 is 15.4 Å². The maximum Gasteiger partial charge on any atom is 0.258 e. The molecule has 2 N–H and O–H groups in total. The summed E-state index contributed by atoms with van der Waals surface area (Å²) in [7, 11) is 0. The van der Waals surface area contributed by atoms with Gasteiger partial charge in [-0.2, -0.15) is 4.98 Å². The molecule has 0 radical (unpaired) electrons. The summed E-state index contributed by atoms with van der Waals surface area (Å²) in [6.07, 6.45) is 3.36. The summed E-state index contributed by atoms with van der Waals surface area (Å²) in [5, 5.41) is 6.72. The van der Waals surface area contributed by atoms with Gasteiger partial charge in [0.25, 0.3) is 5.91 Å². The zero-order valence-corrected chi connectivity index (χ0v) is 10.1. The lowest BCUT2D eigenvalue weighted by molar-refractivity contribution is 0.0933. The second kappa shape index (κ2) is 4.15. The average Bonchev–Trinajstić information content (AvgIpc) is 2.71. The normalized spacial score (nSPS) is 26.5. The van der Waals surface area contributed by atoms with Crippen LogP contribution in [-0.4, -0.2) is 47.4 Å². The predicted octanol–water partition coefficient (Wildman–Crippen LogP) is -0.339. The molecule has 0 spiro atoms. The SMILES string of the molecule is CSc1ncc2c(n1)O[C@H]1CNC[C@@H]1NC2=O. The third-order valence-corrected chi connectivity index (χ3v) is 3.46. The fraction of sp³-hybridized carbons (Fsp3) is 0.500. The van der Waals surface area contributed by atoms with E-state index < -0.39 is 0 Å². The van der Waals surface area contributed by atoms with E-state index >= 15 is 0 Å². The monoisotopic (exact) mass is 252 g/mol. The standard InChI is InChI=1S/C10H12N4O2S/c1-17-10-12-2-5-8(15)13-6-3-11-4-7(6)16-9(5)14-10/h2,6-7,11H,3-4H2,1H3,(H,13,15)/t6-,7-/m0/s1. The maximum atomic E-state index is 11.9. The molecule has 2 aliphatic rings. The highest BCUT2D eigenvalue weighted by Crippen LogP contribution is 2.24. The summed E-state index contributed by atoms with van der Waals surface area (Å²) in [4.78, 5) is 20.3. The second-order valence-electron chi connectivity index (χ2n) is 3.97. The molecule has 2 aliphatic heterocycles. The van der Waals surface area contributed by atoms with Crippen molar-refractivity contribution in [2.75, 3.05) is 19.3 Å². The van der Waals surface area contributed by atoms with Gasteiger partial charge in [0.2, 0.25) is 5.88 Å². The highest BCUT2D eigenvalue weighted by molar-refractivity contribution is 7.98. The summed E-state index contributed by atoms with van der Waals surface area (Å²) >= 11 is 1.43. The predicted molar refractivity (Wildman–Crippen MR) is 62.4 cm³/mol. The van der Waals surface area contributed by atoms with Gasteiger partial charge in [-0.25, -0.2) is 4.98 Å². The van der Waals surface area contributed by atoms with Crippen molar-refractivity contribution in [2.24, 2.45) is 0 Å². The van der Waals surface area contributed by atoms with Crippen molar-refractivity contribution in [3.63, 3.8) is 0 Å². The molecule has 0 unspecified atom stereocenters. The molecule has 3 heterocycles. The van der Waals surface area contributed by atoms with Crippen molar-refractivity contribution < 1.29 is 9.53 Å². The number of carbonyl (C=O) groups excluding carboxylic acids is 1. The molecule has 2 atom stereocenters. The molecule has 7 heteroatoms. The minimum absolute atomic E-state index is 0.00873. The van der Waals surface area contributed by atoms with Crippen LogP contribution in [0.3, 0.4) is 0 Å². The summed E-state index contributed by atoms with van der Waals surface area (Å²) < 4.78 is 5.78. The smallest absolute Gasteiger partial charge is 0.258 e. The molecule has 3 rings (SSSR count). The van der Waals surface area contributed by atoms with E-state index in [0.29, 0.717) is 16.6 Å². The van der Waals surface area contributed by atoms with Crippen LogP contribution in [0.15, 0.2) is 11.4 Å². The van der Waals surface area contributed by atoms with E-state index in [1.54, 1.807) is 0 Å². The first-order chi connectivity index (χ1) is 8.28. The van der Waals surface area contributed by atoms with Gasteiger partial charge < -0.3 is 15.4 Å². The fourth-order valence-corrected chi connectivity index (χ4v) is 2.34. The zero-order chi connectivity index (χ0) is 11.8. The lowest BCUT2D eigenvalue weighted by Crippen LogP contribution is -2.42. The lowest BCUT2D eigenvalue weighted by Gasteiger charge is -2.15. The van der Waals surface area contributed by atoms with E-state index in [-0.39, 0.29) is 18.1 Å². The number of rotatable bonds is 1. The maximum absolute atomic E-state index is 11.9. The van der Waals surface area contributed by atoms with Crippen LogP contribution in [0.25, 0.3) is 0 Å². The van der Waals surface area contributed by atoms with Gasteiger partial charge in [-0.3, -0.25) is 4.79 Å². The Bertz CT molecular complexity index is 468. The fourth-order valence-electron chi connectivity index (χ4n) is 2.01. The molecular formula is C10H12N4O2S. The molecule has 0 saturated carbocycles. The van der Waals surface area contributed by atoms with Gasteiger partial charge in [-0.15, -0.1) is 0 Å². The van der Waals surface area contributed by atoms with E-state index in [4.69, 9.17) is 4.74 Å². The summed E-state index contributed by atoms with van der Waals surface area (Å²) in [5.41, 5.74) is 0.414. The van der Waals surface area contributed by atoms with Crippen LogP contribution in [0.4, 0.5) is 0 Å². The van der Waals surface area contributed by atoms with Gasteiger partial charge in [-0.1, -0.05) is 11.8 Å². The molecule has 0 aromatic carbocycles. The molecule has 17 heavy (non-hydrogen) atoms. The Hall–Kier alpha value is -1.34. The summed E-state index contributed by atoms with van der Waals surface area (Å²) in [5.74, 6) is 0.224. The van der Waals surface area contributed by atoms with Gasteiger partial charge in [-0.05, 0) is 6.26 Å². The Morgan fingerprint density at radius 2 is 2.41 bits per heavy atom. The highest BCUT2D eigenvalue weighted by Gasteiger charge is 2.35. The number of nitrogens with zero attached hydrogens (tertiary/aromatic N) is 2. The quantitative estimate of drug-likeness (QED) is 0.526.